The number of fused-ring (bicyclic) bond motifs is 1. The molecule has 1 fully saturated rings. The summed E-state index contributed by atoms with van der Waals surface area (Å²) in [6.45, 7) is 4.10. The molecular weight excluding hydrogens is 553 g/mol. The Morgan fingerprint density at radius 2 is 1.98 bits per heavy atom. The third-order valence-electron chi connectivity index (χ3n) is 6.83. The maximum atomic E-state index is 13.7. The van der Waals surface area contributed by atoms with Crippen molar-refractivity contribution in [2.75, 3.05) is 38.0 Å². The van der Waals surface area contributed by atoms with Gasteiger partial charge >= 0.3 is 6.18 Å². The van der Waals surface area contributed by atoms with Crippen LogP contribution in [-0.4, -0.2) is 73.6 Å². The lowest BCUT2D eigenvalue weighted by molar-refractivity contribution is -0.141. The number of nitrogens with one attached hydrogen (secondary N) is 3. The summed E-state index contributed by atoms with van der Waals surface area (Å²) in [4.78, 5) is 35.6. The van der Waals surface area contributed by atoms with Crippen LogP contribution in [0.15, 0.2) is 43.0 Å². The molecule has 3 N–H and O–H groups in total. The van der Waals surface area contributed by atoms with Crippen molar-refractivity contribution < 1.29 is 22.8 Å². The number of rotatable bonds is 8. The van der Waals surface area contributed by atoms with Gasteiger partial charge in [0.05, 0.1) is 30.1 Å². The number of alkyl halides is 3. The maximum Gasteiger partial charge on any atom is 0.435 e. The summed E-state index contributed by atoms with van der Waals surface area (Å²) in [5.41, 5.74) is 0.789. The van der Waals surface area contributed by atoms with Gasteiger partial charge in [-0.25, -0.2) is 9.97 Å². The quantitative estimate of drug-likeness (QED) is 0.289. The van der Waals surface area contributed by atoms with E-state index in [0.29, 0.717) is 30.8 Å². The predicted molar refractivity (Wildman–Crippen MR) is 146 cm³/mol. The van der Waals surface area contributed by atoms with Crippen LogP contribution in [0.2, 0.25) is 0 Å². The number of anilines is 2. The number of carbonyl (C=O) groups is 2. The van der Waals surface area contributed by atoms with E-state index in [-0.39, 0.29) is 47.6 Å². The van der Waals surface area contributed by atoms with Crippen molar-refractivity contribution in [1.29, 1.82) is 5.26 Å². The van der Waals surface area contributed by atoms with Crippen LogP contribution in [0.25, 0.3) is 16.9 Å². The van der Waals surface area contributed by atoms with Gasteiger partial charge in [-0.1, -0.05) is 6.92 Å². The third kappa shape index (κ3) is 5.88. The molecule has 0 atom stereocenters. The van der Waals surface area contributed by atoms with Crippen LogP contribution in [0.1, 0.15) is 28.5 Å². The van der Waals surface area contributed by atoms with Crippen LogP contribution in [0, 0.1) is 11.3 Å². The molecule has 1 aliphatic rings. The number of carbonyl (C=O) groups excluding carboxylic acids is 2. The average Bonchev–Trinajstić information content (AvgIpc) is 3.61. The largest absolute Gasteiger partial charge is 0.435 e. The summed E-state index contributed by atoms with van der Waals surface area (Å²) in [5, 5.41) is 21.5. The molecule has 4 heterocycles. The second-order valence-corrected chi connectivity index (χ2v) is 9.52. The lowest BCUT2D eigenvalue weighted by atomic mass is 10.0. The van der Waals surface area contributed by atoms with E-state index in [1.165, 1.54) is 23.0 Å². The molecule has 3 aromatic heterocycles. The fraction of sp³-hybridized carbons (Fsp3) is 0.333. The highest BCUT2D eigenvalue weighted by Gasteiger charge is 2.38. The SMILES string of the molecule is CCc1cc(Nc2nccn3c(-c4cn(CC#N)nc4C(F)(F)F)cnc23)ccc1C(=O)NCC(=O)N1CCNCC1. The lowest BCUT2D eigenvalue weighted by Crippen LogP contribution is -2.49. The molecule has 15 heteroatoms. The first kappa shape index (κ1) is 28.6. The highest BCUT2D eigenvalue weighted by Crippen LogP contribution is 2.37. The molecule has 12 nitrogen and oxygen atoms in total. The van der Waals surface area contributed by atoms with Crippen molar-refractivity contribution in [3.63, 3.8) is 0 Å². The summed E-state index contributed by atoms with van der Waals surface area (Å²) in [7, 11) is 0. The molecular formula is C27H27F3N10O2. The van der Waals surface area contributed by atoms with Gasteiger partial charge in [0, 0.05) is 56.0 Å². The minimum Gasteiger partial charge on any atom is -0.343 e. The number of nitrogens with zero attached hydrogens (tertiary/aromatic N) is 7. The second-order valence-electron chi connectivity index (χ2n) is 9.52. The second kappa shape index (κ2) is 11.9. The van der Waals surface area contributed by atoms with Crippen molar-refractivity contribution in [1.82, 2.24) is 39.7 Å². The first-order chi connectivity index (χ1) is 20.2. The fourth-order valence-electron chi connectivity index (χ4n) is 4.78. The molecule has 0 spiro atoms. The van der Waals surface area contributed by atoms with Gasteiger partial charge in [0.15, 0.2) is 17.2 Å². The summed E-state index contributed by atoms with van der Waals surface area (Å²) < 4.78 is 43.6. The average molecular weight is 581 g/mol. The van der Waals surface area contributed by atoms with E-state index in [4.69, 9.17) is 5.26 Å². The Labute approximate surface area is 238 Å². The molecule has 0 saturated carbocycles. The van der Waals surface area contributed by atoms with Gasteiger partial charge in [-0.2, -0.15) is 23.5 Å². The highest BCUT2D eigenvalue weighted by molar-refractivity contribution is 5.98. The fourth-order valence-corrected chi connectivity index (χ4v) is 4.78. The number of piperazine rings is 1. The first-order valence-electron chi connectivity index (χ1n) is 13.2. The number of aryl methyl sites for hydroxylation is 1. The molecule has 218 valence electrons. The van der Waals surface area contributed by atoms with Crippen molar-refractivity contribution in [2.24, 2.45) is 0 Å². The molecule has 0 aliphatic carbocycles. The Morgan fingerprint density at radius 3 is 2.69 bits per heavy atom. The minimum atomic E-state index is -4.74. The Balaban J connectivity index is 1.37. The summed E-state index contributed by atoms with van der Waals surface area (Å²) >= 11 is 0. The van der Waals surface area contributed by atoms with Gasteiger partial charge in [0.25, 0.3) is 5.91 Å². The van der Waals surface area contributed by atoms with Gasteiger partial charge in [0.1, 0.15) is 6.54 Å². The molecule has 0 unspecified atom stereocenters. The van der Waals surface area contributed by atoms with E-state index in [0.717, 1.165) is 29.5 Å². The maximum absolute atomic E-state index is 13.7. The van der Waals surface area contributed by atoms with Gasteiger partial charge in [-0.05, 0) is 30.2 Å². The molecule has 0 bridgehead atoms. The van der Waals surface area contributed by atoms with Crippen LogP contribution < -0.4 is 16.0 Å². The monoisotopic (exact) mass is 580 g/mol. The Morgan fingerprint density at radius 1 is 1.19 bits per heavy atom. The number of nitriles is 1. The molecule has 1 saturated heterocycles. The van der Waals surface area contributed by atoms with Gasteiger partial charge < -0.3 is 20.9 Å². The number of amides is 2. The molecule has 0 radical (unpaired) electrons. The van der Waals surface area contributed by atoms with E-state index in [9.17, 15) is 22.8 Å². The highest BCUT2D eigenvalue weighted by atomic mass is 19.4. The zero-order chi connectivity index (χ0) is 29.9. The number of hydrogen-bond acceptors (Lipinski definition) is 8. The Bertz CT molecular complexity index is 1660. The number of aromatic nitrogens is 5. The Kier molecular flexibility index (Phi) is 8.07. The molecule has 1 aromatic carbocycles. The Hall–Kier alpha value is -4.97. The number of imidazole rings is 1. The summed E-state index contributed by atoms with van der Waals surface area (Å²) in [6, 6.07) is 6.88. The third-order valence-corrected chi connectivity index (χ3v) is 6.83. The van der Waals surface area contributed by atoms with Gasteiger partial charge in [-0.3, -0.25) is 18.7 Å². The van der Waals surface area contributed by atoms with Crippen molar-refractivity contribution in [3.8, 4) is 17.3 Å². The topological polar surface area (TPSA) is 145 Å². The van der Waals surface area contributed by atoms with E-state index in [2.05, 4.69) is 31.0 Å². The van der Waals surface area contributed by atoms with Crippen LogP contribution >= 0.6 is 0 Å². The van der Waals surface area contributed by atoms with E-state index in [1.54, 1.807) is 29.2 Å². The van der Waals surface area contributed by atoms with E-state index in [1.807, 2.05) is 6.92 Å². The van der Waals surface area contributed by atoms with Crippen LogP contribution in [0.3, 0.4) is 0 Å². The van der Waals surface area contributed by atoms with Gasteiger partial charge in [-0.15, -0.1) is 0 Å². The van der Waals surface area contributed by atoms with E-state index >= 15 is 0 Å². The number of hydrogen-bond donors (Lipinski definition) is 3. The summed E-state index contributed by atoms with van der Waals surface area (Å²) in [5.74, 6) is -0.223. The van der Waals surface area contributed by atoms with Crippen molar-refractivity contribution >= 4 is 29.0 Å². The zero-order valence-corrected chi connectivity index (χ0v) is 22.6. The van der Waals surface area contributed by atoms with Crippen molar-refractivity contribution in [2.45, 2.75) is 26.1 Å². The predicted octanol–water partition coefficient (Wildman–Crippen LogP) is 2.60. The smallest absolute Gasteiger partial charge is 0.343 e. The number of benzene rings is 1. The van der Waals surface area contributed by atoms with Crippen LogP contribution in [-0.2, 0) is 23.9 Å². The normalized spacial score (nSPS) is 13.6. The van der Waals surface area contributed by atoms with Crippen molar-refractivity contribution in [3.05, 3.63) is 59.8 Å². The summed E-state index contributed by atoms with van der Waals surface area (Å²) in [6.07, 6.45) is 1.15. The number of halogens is 3. The van der Waals surface area contributed by atoms with Crippen LogP contribution in [0.5, 0.6) is 0 Å². The van der Waals surface area contributed by atoms with E-state index < -0.39 is 11.9 Å². The first-order valence-corrected chi connectivity index (χ1v) is 13.2. The lowest BCUT2D eigenvalue weighted by Gasteiger charge is -2.27. The molecule has 1 aliphatic heterocycles. The van der Waals surface area contributed by atoms with Gasteiger partial charge in [0.2, 0.25) is 5.91 Å². The molecule has 42 heavy (non-hydrogen) atoms. The molecule has 5 rings (SSSR count). The standard InChI is InChI=1S/C27H27F3N10O2/c1-2-17-13-18(3-4-19(17)26(42)35-15-22(41)38-10-6-32-7-11-38)36-24-25-34-14-21(40(25)12-8-33-24)20-16-39(9-5-31)37-23(20)27(28,29)30/h3-4,8,12-14,16,32H,2,6-7,9-11,15H2,1H3,(H,33,36)(H,35,42). The zero-order valence-electron chi connectivity index (χ0n) is 22.6. The van der Waals surface area contributed by atoms with Crippen LogP contribution in [0.4, 0.5) is 24.7 Å². The molecule has 2 amide bonds. The minimum absolute atomic E-state index is 0.0956. The molecule has 4 aromatic rings.